The van der Waals surface area contributed by atoms with Gasteiger partial charge in [-0.15, -0.1) is 11.3 Å². The molecule has 4 nitrogen and oxygen atoms in total. The van der Waals surface area contributed by atoms with E-state index in [1.807, 2.05) is 38.1 Å². The molecule has 0 aliphatic carbocycles. The Hall–Kier alpha value is -2.44. The Morgan fingerprint density at radius 3 is 2.56 bits per heavy atom. The molecule has 1 heterocycles. The molecule has 1 N–H and O–H groups in total. The first-order valence-electron chi connectivity index (χ1n) is 8.69. The molecule has 142 valence electrons. The third kappa shape index (κ3) is 4.12. The lowest BCUT2D eigenvalue weighted by Crippen LogP contribution is -2.28. The van der Waals surface area contributed by atoms with Crippen molar-refractivity contribution in [2.75, 3.05) is 20.3 Å². The standard InChI is InChI=1S/C21H22FNO3S/c1-13-6-4-7-14(2)19(13)26-11-10-23-21(24)20-15(12-25-3)18-16(22)8-5-9-17(18)27-20/h4-9H,10-12H2,1-3H3,(H,23,24). The van der Waals surface area contributed by atoms with Crippen LogP contribution in [0.5, 0.6) is 5.75 Å². The van der Waals surface area contributed by atoms with Gasteiger partial charge in [0.25, 0.3) is 5.91 Å². The van der Waals surface area contributed by atoms with Crippen molar-refractivity contribution in [3.63, 3.8) is 0 Å². The van der Waals surface area contributed by atoms with Gasteiger partial charge in [0.15, 0.2) is 0 Å². The number of hydrogen-bond donors (Lipinski definition) is 1. The molecule has 1 amide bonds. The van der Waals surface area contributed by atoms with Crippen LogP contribution >= 0.6 is 11.3 Å². The first-order chi connectivity index (χ1) is 13.0. The van der Waals surface area contributed by atoms with Crippen molar-refractivity contribution >= 4 is 27.3 Å². The second kappa shape index (κ2) is 8.50. The van der Waals surface area contributed by atoms with E-state index in [0.717, 1.165) is 21.6 Å². The van der Waals surface area contributed by atoms with Crippen molar-refractivity contribution in [2.45, 2.75) is 20.5 Å². The summed E-state index contributed by atoms with van der Waals surface area (Å²) in [6, 6.07) is 10.8. The number of nitrogens with one attached hydrogen (secondary N) is 1. The number of para-hydroxylation sites is 1. The van der Waals surface area contributed by atoms with Crippen molar-refractivity contribution < 1.29 is 18.7 Å². The van der Waals surface area contributed by atoms with E-state index in [4.69, 9.17) is 9.47 Å². The quantitative estimate of drug-likeness (QED) is 0.602. The fourth-order valence-electron chi connectivity index (χ4n) is 3.06. The van der Waals surface area contributed by atoms with Crippen LogP contribution in [0.4, 0.5) is 4.39 Å². The number of ether oxygens (including phenoxy) is 2. The van der Waals surface area contributed by atoms with E-state index < -0.39 is 0 Å². The van der Waals surface area contributed by atoms with Gasteiger partial charge in [-0.05, 0) is 37.1 Å². The van der Waals surface area contributed by atoms with Gasteiger partial charge < -0.3 is 14.8 Å². The monoisotopic (exact) mass is 387 g/mol. The minimum absolute atomic E-state index is 0.183. The number of rotatable bonds is 7. The van der Waals surface area contributed by atoms with Crippen LogP contribution in [0.1, 0.15) is 26.4 Å². The van der Waals surface area contributed by atoms with Crippen molar-refractivity contribution in [3.05, 3.63) is 63.8 Å². The van der Waals surface area contributed by atoms with E-state index in [-0.39, 0.29) is 18.3 Å². The molecule has 0 aliphatic heterocycles. The zero-order valence-electron chi connectivity index (χ0n) is 15.6. The molecule has 0 saturated carbocycles. The van der Waals surface area contributed by atoms with Gasteiger partial charge in [0.2, 0.25) is 0 Å². The predicted octanol–water partition coefficient (Wildman–Crippen LogP) is 4.61. The highest BCUT2D eigenvalue weighted by molar-refractivity contribution is 7.21. The average molecular weight is 387 g/mol. The molecule has 1 aromatic heterocycles. The third-order valence-corrected chi connectivity index (χ3v) is 5.50. The lowest BCUT2D eigenvalue weighted by molar-refractivity contribution is 0.0947. The highest BCUT2D eigenvalue weighted by Crippen LogP contribution is 2.33. The Morgan fingerprint density at radius 2 is 1.85 bits per heavy atom. The second-order valence-electron chi connectivity index (χ2n) is 6.28. The van der Waals surface area contributed by atoms with E-state index in [0.29, 0.717) is 29.0 Å². The maximum Gasteiger partial charge on any atom is 0.261 e. The Balaban J connectivity index is 1.69. The van der Waals surface area contributed by atoms with Crippen molar-refractivity contribution in [1.82, 2.24) is 5.32 Å². The minimum atomic E-state index is -0.340. The molecule has 3 aromatic rings. The molecule has 0 atom stereocenters. The SMILES string of the molecule is COCc1c(C(=O)NCCOc2c(C)cccc2C)sc2cccc(F)c12. The van der Waals surface area contributed by atoms with Gasteiger partial charge in [-0.1, -0.05) is 24.3 Å². The van der Waals surface area contributed by atoms with E-state index in [1.54, 1.807) is 6.07 Å². The van der Waals surface area contributed by atoms with Crippen LogP contribution < -0.4 is 10.1 Å². The van der Waals surface area contributed by atoms with Gasteiger partial charge in [0.05, 0.1) is 18.0 Å². The van der Waals surface area contributed by atoms with Gasteiger partial charge >= 0.3 is 0 Å². The summed E-state index contributed by atoms with van der Waals surface area (Å²) in [6.07, 6.45) is 0. The fraction of sp³-hybridized carbons (Fsp3) is 0.286. The topological polar surface area (TPSA) is 47.6 Å². The first-order valence-corrected chi connectivity index (χ1v) is 9.50. The molecule has 0 saturated heterocycles. The molecule has 3 rings (SSSR count). The predicted molar refractivity (Wildman–Crippen MR) is 106 cm³/mol. The van der Waals surface area contributed by atoms with Gasteiger partial charge in [-0.3, -0.25) is 4.79 Å². The Bertz CT molecular complexity index is 947. The smallest absolute Gasteiger partial charge is 0.261 e. The molecule has 0 bridgehead atoms. The van der Waals surface area contributed by atoms with Gasteiger partial charge in [0.1, 0.15) is 18.2 Å². The number of hydrogen-bond acceptors (Lipinski definition) is 4. The van der Waals surface area contributed by atoms with Crippen molar-refractivity contribution in [1.29, 1.82) is 0 Å². The van der Waals surface area contributed by atoms with Gasteiger partial charge in [0, 0.05) is 22.8 Å². The summed E-state index contributed by atoms with van der Waals surface area (Å²) in [5.41, 5.74) is 2.70. The van der Waals surface area contributed by atoms with E-state index >= 15 is 0 Å². The Labute approximate surface area is 161 Å². The summed E-state index contributed by atoms with van der Waals surface area (Å²) in [6.45, 7) is 4.88. The zero-order valence-corrected chi connectivity index (χ0v) is 16.4. The first kappa shape index (κ1) is 19.3. The number of methoxy groups -OCH3 is 1. The summed E-state index contributed by atoms with van der Waals surface area (Å²) >= 11 is 1.27. The normalized spacial score (nSPS) is 11.0. The molecular weight excluding hydrogens is 365 g/mol. The molecule has 2 aromatic carbocycles. The number of thiophene rings is 1. The summed E-state index contributed by atoms with van der Waals surface area (Å²) < 4.78 is 26.0. The average Bonchev–Trinajstić information content (AvgIpc) is 3.01. The van der Waals surface area contributed by atoms with Crippen LogP contribution in [0.25, 0.3) is 10.1 Å². The summed E-state index contributed by atoms with van der Waals surface area (Å²) in [5.74, 6) is 0.261. The second-order valence-corrected chi connectivity index (χ2v) is 7.33. The highest BCUT2D eigenvalue weighted by Gasteiger charge is 2.20. The number of carbonyl (C=O) groups excluding carboxylic acids is 1. The Kier molecular flexibility index (Phi) is 6.08. The van der Waals surface area contributed by atoms with Gasteiger partial charge in [-0.2, -0.15) is 0 Å². The van der Waals surface area contributed by atoms with Crippen LogP contribution in [0.15, 0.2) is 36.4 Å². The lowest BCUT2D eigenvalue weighted by Gasteiger charge is -2.12. The summed E-state index contributed by atoms with van der Waals surface area (Å²) in [7, 11) is 1.53. The largest absolute Gasteiger partial charge is 0.491 e. The van der Waals surface area contributed by atoms with Crippen LogP contribution in [-0.2, 0) is 11.3 Å². The molecule has 0 unspecified atom stereocenters. The highest BCUT2D eigenvalue weighted by atomic mass is 32.1. The van der Waals surface area contributed by atoms with Crippen LogP contribution in [0.2, 0.25) is 0 Å². The van der Waals surface area contributed by atoms with Crippen LogP contribution in [-0.4, -0.2) is 26.2 Å². The molecule has 0 aliphatic rings. The molecular formula is C21H22FNO3S. The number of amides is 1. The molecule has 0 spiro atoms. The molecule has 27 heavy (non-hydrogen) atoms. The van der Waals surface area contributed by atoms with E-state index in [9.17, 15) is 9.18 Å². The Morgan fingerprint density at radius 1 is 1.15 bits per heavy atom. The van der Waals surface area contributed by atoms with Crippen LogP contribution in [0, 0.1) is 19.7 Å². The molecule has 0 radical (unpaired) electrons. The molecule has 6 heteroatoms. The van der Waals surface area contributed by atoms with Crippen molar-refractivity contribution in [3.8, 4) is 5.75 Å². The number of aryl methyl sites for hydroxylation is 2. The van der Waals surface area contributed by atoms with Gasteiger partial charge in [-0.25, -0.2) is 4.39 Å². The minimum Gasteiger partial charge on any atom is -0.491 e. The van der Waals surface area contributed by atoms with E-state index in [2.05, 4.69) is 5.32 Å². The molecule has 0 fully saturated rings. The van der Waals surface area contributed by atoms with Crippen molar-refractivity contribution in [2.24, 2.45) is 0 Å². The maximum absolute atomic E-state index is 14.2. The number of carbonyl (C=O) groups is 1. The fourth-order valence-corrected chi connectivity index (χ4v) is 4.20. The number of fused-ring (bicyclic) bond motifs is 1. The lowest BCUT2D eigenvalue weighted by atomic mass is 10.1. The van der Waals surface area contributed by atoms with E-state index in [1.165, 1.54) is 24.5 Å². The maximum atomic E-state index is 14.2. The van der Waals surface area contributed by atoms with Crippen LogP contribution in [0.3, 0.4) is 0 Å². The third-order valence-electron chi connectivity index (χ3n) is 4.30. The number of benzene rings is 2. The number of halogens is 1. The summed E-state index contributed by atoms with van der Waals surface area (Å²) in [4.78, 5) is 13.1. The zero-order chi connectivity index (χ0) is 19.4. The summed E-state index contributed by atoms with van der Waals surface area (Å²) in [5, 5.41) is 3.32.